The summed E-state index contributed by atoms with van der Waals surface area (Å²) >= 11 is 0. The van der Waals surface area contributed by atoms with Crippen LogP contribution in [0.2, 0.25) is 0 Å². The molecule has 0 spiro atoms. The summed E-state index contributed by atoms with van der Waals surface area (Å²) in [6, 6.07) is 8.47. The molecule has 0 radical (unpaired) electrons. The number of halogens is 1. The minimum Gasteiger partial charge on any atom is -0.379 e. The third-order valence-electron chi connectivity index (χ3n) is 3.87. The van der Waals surface area contributed by atoms with E-state index in [1.54, 1.807) is 0 Å². The average molecular weight is 432 g/mol. The molecular formula is C17H29IN4O. The second kappa shape index (κ2) is 11.6. The van der Waals surface area contributed by atoms with Crippen LogP contribution in [0.3, 0.4) is 0 Å². The van der Waals surface area contributed by atoms with Crippen LogP contribution in [0.1, 0.15) is 30.9 Å². The lowest BCUT2D eigenvalue weighted by atomic mass is 10.1. The number of morpholine rings is 1. The number of unbranched alkanes of at least 4 members (excludes halogenated alkanes) is 1. The van der Waals surface area contributed by atoms with Crippen LogP contribution in [-0.4, -0.2) is 43.7 Å². The van der Waals surface area contributed by atoms with E-state index in [0.29, 0.717) is 12.5 Å². The Balaban J connectivity index is 0.00000264. The van der Waals surface area contributed by atoms with Gasteiger partial charge in [0.15, 0.2) is 5.96 Å². The summed E-state index contributed by atoms with van der Waals surface area (Å²) in [4.78, 5) is 6.89. The van der Waals surface area contributed by atoms with Crippen LogP contribution in [0, 0.1) is 0 Å². The number of benzene rings is 1. The van der Waals surface area contributed by atoms with Gasteiger partial charge in [-0.15, -0.1) is 24.0 Å². The summed E-state index contributed by atoms with van der Waals surface area (Å²) in [6.07, 6.45) is 2.27. The molecule has 5 nitrogen and oxygen atoms in total. The maximum atomic E-state index is 5.91. The molecule has 1 saturated heterocycles. The highest BCUT2D eigenvalue weighted by Crippen LogP contribution is 2.14. The molecular weight excluding hydrogens is 403 g/mol. The predicted octanol–water partition coefficient (Wildman–Crippen LogP) is 2.34. The number of guanidine groups is 1. The number of rotatable bonds is 7. The number of nitrogens with two attached hydrogens (primary N) is 1. The van der Waals surface area contributed by atoms with Crippen molar-refractivity contribution in [1.82, 2.24) is 10.2 Å². The highest BCUT2D eigenvalue weighted by Gasteiger charge is 2.12. The maximum Gasteiger partial charge on any atom is 0.188 e. The van der Waals surface area contributed by atoms with Gasteiger partial charge in [-0.3, -0.25) is 4.90 Å². The van der Waals surface area contributed by atoms with E-state index in [0.717, 1.165) is 52.2 Å². The van der Waals surface area contributed by atoms with E-state index < -0.39 is 0 Å². The molecule has 23 heavy (non-hydrogen) atoms. The topological polar surface area (TPSA) is 62.9 Å². The first kappa shape index (κ1) is 20.2. The summed E-state index contributed by atoms with van der Waals surface area (Å²) in [6.45, 7) is 8.29. The van der Waals surface area contributed by atoms with Gasteiger partial charge in [0.1, 0.15) is 0 Å². The van der Waals surface area contributed by atoms with Crippen molar-refractivity contribution in [2.75, 3.05) is 32.8 Å². The lowest BCUT2D eigenvalue weighted by Gasteiger charge is -2.27. The summed E-state index contributed by atoms with van der Waals surface area (Å²) in [5.74, 6) is 0.537. The minimum absolute atomic E-state index is 0. The van der Waals surface area contributed by atoms with Gasteiger partial charge >= 0.3 is 0 Å². The van der Waals surface area contributed by atoms with E-state index in [-0.39, 0.29) is 24.0 Å². The minimum atomic E-state index is 0. The molecule has 130 valence electrons. The number of aliphatic imine (C=N–C) groups is 1. The van der Waals surface area contributed by atoms with Crippen molar-refractivity contribution < 1.29 is 4.74 Å². The molecule has 0 atom stereocenters. The van der Waals surface area contributed by atoms with Crippen LogP contribution in [0.4, 0.5) is 0 Å². The Kier molecular flexibility index (Phi) is 10.2. The SMILES string of the molecule is CCCCNC(N)=NCc1ccccc1CN1CCOCC1.I. The van der Waals surface area contributed by atoms with Gasteiger partial charge in [-0.25, -0.2) is 4.99 Å². The highest BCUT2D eigenvalue weighted by atomic mass is 127. The van der Waals surface area contributed by atoms with Crippen LogP contribution in [0.25, 0.3) is 0 Å². The van der Waals surface area contributed by atoms with Crippen LogP contribution >= 0.6 is 24.0 Å². The molecule has 1 heterocycles. The highest BCUT2D eigenvalue weighted by molar-refractivity contribution is 14.0. The quantitative estimate of drug-likeness (QED) is 0.301. The van der Waals surface area contributed by atoms with Crippen molar-refractivity contribution in [3.63, 3.8) is 0 Å². The first-order valence-electron chi connectivity index (χ1n) is 8.20. The molecule has 6 heteroatoms. The fourth-order valence-electron chi connectivity index (χ4n) is 2.49. The van der Waals surface area contributed by atoms with Gasteiger partial charge in [0, 0.05) is 26.2 Å². The zero-order valence-corrected chi connectivity index (χ0v) is 16.3. The largest absolute Gasteiger partial charge is 0.379 e. The molecule has 1 aromatic rings. The zero-order valence-electron chi connectivity index (χ0n) is 14.0. The molecule has 1 aromatic carbocycles. The Hall–Kier alpha value is -0.860. The van der Waals surface area contributed by atoms with E-state index in [1.807, 2.05) is 0 Å². The van der Waals surface area contributed by atoms with Gasteiger partial charge in [-0.1, -0.05) is 37.6 Å². The molecule has 2 rings (SSSR count). The summed E-state index contributed by atoms with van der Waals surface area (Å²) in [7, 11) is 0. The van der Waals surface area contributed by atoms with Crippen molar-refractivity contribution >= 4 is 29.9 Å². The molecule has 0 aliphatic carbocycles. The average Bonchev–Trinajstić information content (AvgIpc) is 2.55. The maximum absolute atomic E-state index is 5.91. The number of ether oxygens (including phenoxy) is 1. The van der Waals surface area contributed by atoms with Gasteiger partial charge < -0.3 is 15.8 Å². The number of hydrogen-bond donors (Lipinski definition) is 2. The number of hydrogen-bond acceptors (Lipinski definition) is 3. The Morgan fingerprint density at radius 1 is 1.26 bits per heavy atom. The molecule has 0 bridgehead atoms. The smallest absolute Gasteiger partial charge is 0.188 e. The molecule has 1 aliphatic rings. The summed E-state index contributed by atoms with van der Waals surface area (Å²) < 4.78 is 5.41. The Morgan fingerprint density at radius 2 is 1.96 bits per heavy atom. The van der Waals surface area contributed by atoms with Gasteiger partial charge in [-0.2, -0.15) is 0 Å². The number of nitrogens with one attached hydrogen (secondary N) is 1. The third kappa shape index (κ3) is 7.50. The summed E-state index contributed by atoms with van der Waals surface area (Å²) in [5, 5.41) is 3.16. The van der Waals surface area contributed by atoms with Crippen molar-refractivity contribution in [1.29, 1.82) is 0 Å². The van der Waals surface area contributed by atoms with Crippen LogP contribution < -0.4 is 11.1 Å². The predicted molar refractivity (Wildman–Crippen MR) is 106 cm³/mol. The Morgan fingerprint density at radius 3 is 2.65 bits per heavy atom. The van der Waals surface area contributed by atoms with E-state index in [2.05, 4.69) is 46.4 Å². The van der Waals surface area contributed by atoms with E-state index >= 15 is 0 Å². The lowest BCUT2D eigenvalue weighted by molar-refractivity contribution is 0.0341. The second-order valence-electron chi connectivity index (χ2n) is 5.64. The molecule has 1 aliphatic heterocycles. The van der Waals surface area contributed by atoms with Gasteiger partial charge in [-0.05, 0) is 17.5 Å². The van der Waals surface area contributed by atoms with Crippen molar-refractivity contribution in [2.45, 2.75) is 32.9 Å². The lowest BCUT2D eigenvalue weighted by Crippen LogP contribution is -2.36. The number of nitrogens with zero attached hydrogens (tertiary/aromatic N) is 2. The molecule has 0 amide bonds. The van der Waals surface area contributed by atoms with Crippen LogP contribution in [-0.2, 0) is 17.8 Å². The van der Waals surface area contributed by atoms with Crippen LogP contribution in [0.5, 0.6) is 0 Å². The van der Waals surface area contributed by atoms with E-state index in [9.17, 15) is 0 Å². The van der Waals surface area contributed by atoms with Gasteiger partial charge in [0.05, 0.1) is 19.8 Å². The third-order valence-corrected chi connectivity index (χ3v) is 3.87. The molecule has 3 N–H and O–H groups in total. The molecule has 0 aromatic heterocycles. The second-order valence-corrected chi connectivity index (χ2v) is 5.64. The van der Waals surface area contributed by atoms with E-state index in [1.165, 1.54) is 11.1 Å². The van der Waals surface area contributed by atoms with Crippen LogP contribution in [0.15, 0.2) is 29.3 Å². The molecule has 0 saturated carbocycles. The first-order valence-corrected chi connectivity index (χ1v) is 8.20. The standard InChI is InChI=1S/C17H28N4O.HI/c1-2-3-8-19-17(18)20-13-15-6-4-5-7-16(15)14-21-9-11-22-12-10-21;/h4-7H,2-3,8-14H2,1H3,(H3,18,19,20);1H. The van der Waals surface area contributed by atoms with Gasteiger partial charge in [0.25, 0.3) is 0 Å². The van der Waals surface area contributed by atoms with Crippen molar-refractivity contribution in [3.05, 3.63) is 35.4 Å². The van der Waals surface area contributed by atoms with E-state index in [4.69, 9.17) is 10.5 Å². The monoisotopic (exact) mass is 432 g/mol. The molecule has 0 unspecified atom stereocenters. The first-order chi connectivity index (χ1) is 10.8. The van der Waals surface area contributed by atoms with Crippen molar-refractivity contribution in [2.24, 2.45) is 10.7 Å². The Bertz CT molecular complexity index is 475. The molecule has 1 fully saturated rings. The normalized spacial score (nSPS) is 16.0. The fraction of sp³-hybridized carbons (Fsp3) is 0.588. The van der Waals surface area contributed by atoms with Crippen molar-refractivity contribution in [3.8, 4) is 0 Å². The van der Waals surface area contributed by atoms with Gasteiger partial charge in [0.2, 0.25) is 0 Å². The Labute approximate surface area is 156 Å². The zero-order chi connectivity index (χ0) is 15.6. The fourth-order valence-corrected chi connectivity index (χ4v) is 2.49. The summed E-state index contributed by atoms with van der Waals surface area (Å²) in [5.41, 5.74) is 8.48.